The Morgan fingerprint density at radius 2 is 2.33 bits per heavy atom. The van der Waals surface area contributed by atoms with E-state index in [4.69, 9.17) is 17.3 Å². The van der Waals surface area contributed by atoms with Crippen LogP contribution in [0.15, 0.2) is 12.3 Å². The van der Waals surface area contributed by atoms with Crippen LogP contribution in [0.25, 0.3) is 5.65 Å². The minimum absolute atomic E-state index is 0.537. The molecule has 5 heteroatoms. The first kappa shape index (κ1) is 7.36. The van der Waals surface area contributed by atoms with Crippen LogP contribution in [0.3, 0.4) is 0 Å². The number of nitrogen functional groups attached to an aromatic ring is 1. The van der Waals surface area contributed by atoms with E-state index < -0.39 is 0 Å². The molecule has 62 valence electrons. The third-order valence-electron chi connectivity index (χ3n) is 1.65. The van der Waals surface area contributed by atoms with Crippen molar-refractivity contribution in [2.75, 3.05) is 5.73 Å². The zero-order valence-corrected chi connectivity index (χ0v) is 7.21. The Kier molecular flexibility index (Phi) is 1.44. The quantitative estimate of drug-likeness (QED) is 0.668. The first-order valence-electron chi connectivity index (χ1n) is 3.45. The molecule has 0 aromatic carbocycles. The first-order chi connectivity index (χ1) is 5.70. The Morgan fingerprint density at radius 1 is 1.58 bits per heavy atom. The Labute approximate surface area is 74.0 Å². The minimum Gasteiger partial charge on any atom is -0.384 e. The molecule has 0 unspecified atom stereocenters. The highest BCUT2D eigenvalue weighted by Crippen LogP contribution is 2.20. The van der Waals surface area contributed by atoms with Crippen molar-refractivity contribution in [1.82, 2.24) is 14.6 Å². The lowest BCUT2D eigenvalue weighted by Crippen LogP contribution is -1.98. The molecule has 0 aliphatic carbocycles. The third-order valence-corrected chi connectivity index (χ3v) is 2.09. The maximum Gasteiger partial charge on any atom is 0.176 e. The van der Waals surface area contributed by atoms with Crippen LogP contribution in [0.4, 0.5) is 5.82 Å². The molecule has 12 heavy (non-hydrogen) atoms. The molecule has 2 aromatic heterocycles. The van der Waals surface area contributed by atoms with Crippen LogP contribution in [-0.2, 0) is 0 Å². The summed E-state index contributed by atoms with van der Waals surface area (Å²) in [5.41, 5.74) is 6.98. The van der Waals surface area contributed by atoms with E-state index in [0.29, 0.717) is 16.5 Å². The SMILES string of the molecule is Cc1nn2c(N)ccnc2c1Cl. The fourth-order valence-corrected chi connectivity index (χ4v) is 1.21. The molecule has 2 N–H and O–H groups in total. The van der Waals surface area contributed by atoms with E-state index in [9.17, 15) is 0 Å². The maximum atomic E-state index is 5.91. The molecule has 0 bridgehead atoms. The molecule has 0 saturated carbocycles. The van der Waals surface area contributed by atoms with Gasteiger partial charge < -0.3 is 5.73 Å². The largest absolute Gasteiger partial charge is 0.384 e. The highest BCUT2D eigenvalue weighted by Gasteiger charge is 2.08. The van der Waals surface area contributed by atoms with Gasteiger partial charge in [0.2, 0.25) is 0 Å². The van der Waals surface area contributed by atoms with Gasteiger partial charge in [0.15, 0.2) is 5.65 Å². The van der Waals surface area contributed by atoms with Crippen LogP contribution in [-0.4, -0.2) is 14.6 Å². The second-order valence-electron chi connectivity index (χ2n) is 2.50. The van der Waals surface area contributed by atoms with E-state index in [-0.39, 0.29) is 0 Å². The molecule has 0 aliphatic rings. The van der Waals surface area contributed by atoms with Crippen LogP contribution in [0, 0.1) is 6.92 Å². The third kappa shape index (κ3) is 0.848. The van der Waals surface area contributed by atoms with Crippen LogP contribution in [0.2, 0.25) is 5.02 Å². The normalized spacial score (nSPS) is 10.8. The van der Waals surface area contributed by atoms with Gasteiger partial charge >= 0.3 is 0 Å². The lowest BCUT2D eigenvalue weighted by atomic mass is 10.5. The van der Waals surface area contributed by atoms with Gasteiger partial charge in [-0.15, -0.1) is 0 Å². The van der Waals surface area contributed by atoms with Gasteiger partial charge in [0.1, 0.15) is 10.8 Å². The smallest absolute Gasteiger partial charge is 0.176 e. The Bertz CT molecular complexity index is 434. The molecule has 0 spiro atoms. The van der Waals surface area contributed by atoms with Crippen molar-refractivity contribution in [3.05, 3.63) is 23.0 Å². The molecular weight excluding hydrogens is 176 g/mol. The van der Waals surface area contributed by atoms with E-state index in [1.165, 1.54) is 4.52 Å². The van der Waals surface area contributed by atoms with Crippen molar-refractivity contribution >= 4 is 23.1 Å². The maximum absolute atomic E-state index is 5.91. The molecule has 0 aliphatic heterocycles. The van der Waals surface area contributed by atoms with Gasteiger partial charge in [-0.25, -0.2) is 4.98 Å². The van der Waals surface area contributed by atoms with E-state index >= 15 is 0 Å². The number of nitrogens with zero attached hydrogens (tertiary/aromatic N) is 3. The van der Waals surface area contributed by atoms with Gasteiger partial charge in [-0.1, -0.05) is 11.6 Å². The average Bonchev–Trinajstić information content (AvgIpc) is 2.32. The van der Waals surface area contributed by atoms with E-state index in [1.807, 2.05) is 6.92 Å². The van der Waals surface area contributed by atoms with E-state index in [2.05, 4.69) is 10.1 Å². The molecular formula is C7H7ClN4. The Balaban J connectivity index is 2.95. The zero-order chi connectivity index (χ0) is 8.72. The number of halogens is 1. The summed E-state index contributed by atoms with van der Waals surface area (Å²) >= 11 is 5.91. The number of aromatic nitrogens is 3. The predicted octanol–water partition coefficient (Wildman–Crippen LogP) is 1.27. The molecule has 4 nitrogen and oxygen atoms in total. The number of anilines is 1. The molecule has 0 radical (unpaired) electrons. The number of hydrogen-bond acceptors (Lipinski definition) is 3. The van der Waals surface area contributed by atoms with Gasteiger partial charge in [-0.2, -0.15) is 9.61 Å². The Morgan fingerprint density at radius 3 is 3.00 bits per heavy atom. The van der Waals surface area contributed by atoms with Gasteiger partial charge in [0.25, 0.3) is 0 Å². The van der Waals surface area contributed by atoms with Gasteiger partial charge in [-0.3, -0.25) is 0 Å². The van der Waals surface area contributed by atoms with Crippen molar-refractivity contribution in [1.29, 1.82) is 0 Å². The van der Waals surface area contributed by atoms with Crippen LogP contribution in [0.1, 0.15) is 5.69 Å². The first-order valence-corrected chi connectivity index (χ1v) is 3.83. The lowest BCUT2D eigenvalue weighted by molar-refractivity contribution is 0.929. The number of aryl methyl sites for hydroxylation is 1. The van der Waals surface area contributed by atoms with Crippen LogP contribution >= 0.6 is 11.6 Å². The highest BCUT2D eigenvalue weighted by atomic mass is 35.5. The standard InChI is InChI=1S/C7H7ClN4/c1-4-6(8)7-10-3-2-5(9)12(7)11-4/h2-3H,9H2,1H3. The minimum atomic E-state index is 0.537. The summed E-state index contributed by atoms with van der Waals surface area (Å²) in [6.07, 6.45) is 1.61. The van der Waals surface area contributed by atoms with Gasteiger partial charge in [0, 0.05) is 6.20 Å². The number of hydrogen-bond donors (Lipinski definition) is 1. The predicted molar refractivity (Wildman–Crippen MR) is 47.1 cm³/mol. The molecule has 2 aromatic rings. The summed E-state index contributed by atoms with van der Waals surface area (Å²) < 4.78 is 1.53. The number of fused-ring (bicyclic) bond motifs is 1. The summed E-state index contributed by atoms with van der Waals surface area (Å²) in [4.78, 5) is 4.05. The lowest BCUT2D eigenvalue weighted by Gasteiger charge is -1.95. The second kappa shape index (κ2) is 2.35. The summed E-state index contributed by atoms with van der Waals surface area (Å²) in [5.74, 6) is 0.537. The molecule has 2 heterocycles. The zero-order valence-electron chi connectivity index (χ0n) is 6.45. The molecule has 0 atom stereocenters. The van der Waals surface area contributed by atoms with Gasteiger partial charge in [0.05, 0.1) is 5.69 Å². The van der Waals surface area contributed by atoms with E-state index in [0.717, 1.165) is 5.69 Å². The molecule has 0 saturated heterocycles. The van der Waals surface area contributed by atoms with Crippen molar-refractivity contribution in [2.24, 2.45) is 0 Å². The topological polar surface area (TPSA) is 56.2 Å². The average molecular weight is 183 g/mol. The fourth-order valence-electron chi connectivity index (χ4n) is 1.04. The van der Waals surface area contributed by atoms with Crippen molar-refractivity contribution in [3.63, 3.8) is 0 Å². The summed E-state index contributed by atoms with van der Waals surface area (Å²) in [6, 6.07) is 1.68. The van der Waals surface area contributed by atoms with Gasteiger partial charge in [-0.05, 0) is 13.0 Å². The monoisotopic (exact) mass is 182 g/mol. The van der Waals surface area contributed by atoms with Crippen molar-refractivity contribution in [2.45, 2.75) is 6.92 Å². The summed E-state index contributed by atoms with van der Waals surface area (Å²) in [5, 5.41) is 4.67. The summed E-state index contributed by atoms with van der Waals surface area (Å²) in [6.45, 7) is 1.82. The molecule has 0 fully saturated rings. The molecule has 0 amide bonds. The van der Waals surface area contributed by atoms with Crippen molar-refractivity contribution in [3.8, 4) is 0 Å². The van der Waals surface area contributed by atoms with Crippen LogP contribution in [0.5, 0.6) is 0 Å². The number of rotatable bonds is 0. The van der Waals surface area contributed by atoms with Crippen molar-refractivity contribution < 1.29 is 0 Å². The summed E-state index contributed by atoms with van der Waals surface area (Å²) in [7, 11) is 0. The van der Waals surface area contributed by atoms with Crippen LogP contribution < -0.4 is 5.73 Å². The molecule has 2 rings (SSSR count). The Hall–Kier alpha value is -1.29. The fraction of sp³-hybridized carbons (Fsp3) is 0.143. The second-order valence-corrected chi connectivity index (χ2v) is 2.88. The number of nitrogens with two attached hydrogens (primary N) is 1. The van der Waals surface area contributed by atoms with E-state index in [1.54, 1.807) is 12.3 Å². The highest BCUT2D eigenvalue weighted by molar-refractivity contribution is 6.34.